The molecule has 0 aliphatic carbocycles. The molecule has 1 atom stereocenters. The van der Waals surface area contributed by atoms with Crippen LogP contribution >= 0.6 is 11.6 Å². The minimum atomic E-state index is -0.296. The first kappa shape index (κ1) is 17.1. The molecule has 27 heavy (non-hydrogen) atoms. The maximum absolute atomic E-state index is 12.4. The van der Waals surface area contributed by atoms with Crippen LogP contribution in [0.15, 0.2) is 41.5 Å². The number of tetrazole rings is 1. The van der Waals surface area contributed by atoms with Gasteiger partial charge in [0.2, 0.25) is 0 Å². The lowest BCUT2D eigenvalue weighted by Crippen LogP contribution is -2.20. The number of anilines is 1. The number of nitrogens with one attached hydrogen (secondary N) is 2. The third-order valence-corrected chi connectivity index (χ3v) is 4.34. The first-order valence-electron chi connectivity index (χ1n) is 8.17. The molecular weight excluding hydrogens is 368 g/mol. The maximum atomic E-state index is 12.4. The highest BCUT2D eigenvalue weighted by Gasteiger charge is 2.13. The van der Waals surface area contributed by atoms with E-state index in [2.05, 4.69) is 35.8 Å². The molecule has 0 radical (unpaired) electrons. The van der Waals surface area contributed by atoms with Gasteiger partial charge in [0, 0.05) is 29.4 Å². The smallest absolute Gasteiger partial charge is 0.254 e. The summed E-state index contributed by atoms with van der Waals surface area (Å²) < 4.78 is 1.61. The molecule has 0 fully saturated rings. The third kappa shape index (κ3) is 3.36. The van der Waals surface area contributed by atoms with Crippen molar-refractivity contribution in [1.29, 1.82) is 0 Å². The minimum Gasteiger partial charge on any atom is -0.363 e. The Morgan fingerprint density at radius 3 is 2.89 bits per heavy atom. The number of aromatic nitrogens is 7. The zero-order valence-corrected chi connectivity index (χ0v) is 15.3. The molecule has 0 unspecified atom stereocenters. The van der Waals surface area contributed by atoms with Crippen molar-refractivity contribution in [3.05, 3.63) is 63.4 Å². The molecule has 0 bridgehead atoms. The van der Waals surface area contributed by atoms with Crippen molar-refractivity contribution in [1.82, 2.24) is 35.2 Å². The first-order valence-corrected chi connectivity index (χ1v) is 8.55. The summed E-state index contributed by atoms with van der Waals surface area (Å²) in [5, 5.41) is 16.0. The van der Waals surface area contributed by atoms with E-state index in [0.717, 1.165) is 11.1 Å². The van der Waals surface area contributed by atoms with Crippen molar-refractivity contribution < 1.29 is 0 Å². The summed E-state index contributed by atoms with van der Waals surface area (Å²) in [4.78, 5) is 23.6. The summed E-state index contributed by atoms with van der Waals surface area (Å²) in [6.07, 6.45) is 3.15. The van der Waals surface area contributed by atoms with Crippen LogP contribution in [0.4, 0.5) is 5.82 Å². The van der Waals surface area contributed by atoms with Gasteiger partial charge in [-0.05, 0) is 42.5 Å². The molecule has 4 aromatic heterocycles. The monoisotopic (exact) mass is 382 g/mol. The van der Waals surface area contributed by atoms with E-state index in [0.29, 0.717) is 27.9 Å². The molecule has 0 aliphatic rings. The summed E-state index contributed by atoms with van der Waals surface area (Å²) in [5.74, 6) is 1.26. The molecule has 0 spiro atoms. The van der Waals surface area contributed by atoms with Gasteiger partial charge in [-0.1, -0.05) is 11.6 Å². The van der Waals surface area contributed by atoms with Crippen LogP contribution in [0, 0.1) is 6.92 Å². The van der Waals surface area contributed by atoms with E-state index in [4.69, 9.17) is 11.6 Å². The van der Waals surface area contributed by atoms with Crippen molar-refractivity contribution >= 4 is 28.5 Å². The van der Waals surface area contributed by atoms with Crippen LogP contribution in [0.2, 0.25) is 5.02 Å². The Hall–Kier alpha value is -3.33. The Balaban J connectivity index is 1.65. The van der Waals surface area contributed by atoms with Gasteiger partial charge >= 0.3 is 0 Å². The van der Waals surface area contributed by atoms with E-state index < -0.39 is 0 Å². The topological polar surface area (TPSA) is 114 Å². The molecule has 4 aromatic rings. The van der Waals surface area contributed by atoms with Crippen LogP contribution in [0.5, 0.6) is 0 Å². The van der Waals surface area contributed by atoms with Crippen LogP contribution in [0.1, 0.15) is 24.4 Å². The number of aryl methyl sites for hydroxylation is 1. The second-order valence-corrected chi connectivity index (χ2v) is 6.48. The Morgan fingerprint density at radius 1 is 1.26 bits per heavy atom. The van der Waals surface area contributed by atoms with Crippen LogP contribution in [0.3, 0.4) is 0 Å². The lowest BCUT2D eigenvalue weighted by Gasteiger charge is -2.15. The van der Waals surface area contributed by atoms with Crippen molar-refractivity contribution in [2.45, 2.75) is 19.9 Å². The van der Waals surface area contributed by atoms with Gasteiger partial charge in [0.1, 0.15) is 11.5 Å². The number of hydrogen-bond donors (Lipinski definition) is 2. The first-order chi connectivity index (χ1) is 13.0. The zero-order chi connectivity index (χ0) is 19.0. The second-order valence-electron chi connectivity index (χ2n) is 6.05. The highest BCUT2D eigenvalue weighted by atomic mass is 35.5. The standard InChI is InChI=1S/C17H15ClN8O/c1-9(14-6-11-5-12(18)8-20-16(11)22-17(14)27)21-15-7-13(3-4-19-15)26-10(2)23-24-25-26/h3-9H,1-2H3,(H,19,21)(H,20,22,27)/t9-/m0/s1. The molecule has 0 saturated carbocycles. The lowest BCUT2D eigenvalue weighted by atomic mass is 10.1. The van der Waals surface area contributed by atoms with Gasteiger partial charge in [-0.15, -0.1) is 5.10 Å². The maximum Gasteiger partial charge on any atom is 0.254 e. The number of aromatic amines is 1. The molecule has 2 N–H and O–H groups in total. The highest BCUT2D eigenvalue weighted by Crippen LogP contribution is 2.21. The molecule has 0 aromatic carbocycles. The molecule has 10 heteroatoms. The van der Waals surface area contributed by atoms with E-state index in [1.54, 1.807) is 29.1 Å². The van der Waals surface area contributed by atoms with Crippen LogP contribution in [-0.2, 0) is 0 Å². The molecule has 0 amide bonds. The Morgan fingerprint density at radius 2 is 2.11 bits per heavy atom. The summed E-state index contributed by atoms with van der Waals surface area (Å²) in [7, 11) is 0. The molecule has 0 saturated heterocycles. The van der Waals surface area contributed by atoms with Gasteiger partial charge in [0.05, 0.1) is 16.8 Å². The van der Waals surface area contributed by atoms with Gasteiger partial charge in [0.25, 0.3) is 5.56 Å². The second kappa shape index (κ2) is 6.76. The third-order valence-electron chi connectivity index (χ3n) is 4.13. The van der Waals surface area contributed by atoms with E-state index in [1.165, 1.54) is 6.20 Å². The molecule has 136 valence electrons. The number of nitrogens with zero attached hydrogens (tertiary/aromatic N) is 6. The normalized spacial score (nSPS) is 12.3. The molecule has 9 nitrogen and oxygen atoms in total. The predicted octanol–water partition coefficient (Wildman–Crippen LogP) is 2.43. The SMILES string of the molecule is Cc1nnnn1-c1ccnc(N[C@@H](C)c2cc3cc(Cl)cnc3[nH]c2=O)c1. The van der Waals surface area contributed by atoms with Crippen LogP contribution in [-0.4, -0.2) is 35.2 Å². The number of halogens is 1. The van der Waals surface area contributed by atoms with E-state index in [1.807, 2.05) is 19.9 Å². The van der Waals surface area contributed by atoms with Crippen molar-refractivity contribution in [3.8, 4) is 5.69 Å². The molecule has 4 rings (SSSR count). The molecule has 4 heterocycles. The summed E-state index contributed by atoms with van der Waals surface area (Å²) in [6, 6.07) is 6.86. The number of fused-ring (bicyclic) bond motifs is 1. The number of hydrogen-bond acceptors (Lipinski definition) is 7. The fourth-order valence-electron chi connectivity index (χ4n) is 2.80. The zero-order valence-electron chi connectivity index (χ0n) is 14.5. The Bertz CT molecular complexity index is 1180. The average Bonchev–Trinajstić information content (AvgIpc) is 3.07. The Labute approximate surface area is 158 Å². The van der Waals surface area contributed by atoms with Gasteiger partial charge in [-0.2, -0.15) is 4.68 Å². The quantitative estimate of drug-likeness (QED) is 0.557. The number of pyridine rings is 3. The summed E-state index contributed by atoms with van der Waals surface area (Å²) >= 11 is 6.00. The van der Waals surface area contributed by atoms with Crippen molar-refractivity contribution in [2.75, 3.05) is 5.32 Å². The fraction of sp³-hybridized carbons (Fsp3) is 0.176. The van der Waals surface area contributed by atoms with E-state index in [-0.39, 0.29) is 11.6 Å². The van der Waals surface area contributed by atoms with Crippen molar-refractivity contribution in [3.63, 3.8) is 0 Å². The Kier molecular flexibility index (Phi) is 4.28. The van der Waals surface area contributed by atoms with Gasteiger partial charge < -0.3 is 10.3 Å². The van der Waals surface area contributed by atoms with Gasteiger partial charge in [-0.3, -0.25) is 4.79 Å². The average molecular weight is 383 g/mol. The lowest BCUT2D eigenvalue weighted by molar-refractivity contribution is 0.777. The van der Waals surface area contributed by atoms with Crippen molar-refractivity contribution in [2.24, 2.45) is 0 Å². The predicted molar refractivity (Wildman–Crippen MR) is 101 cm³/mol. The molecular formula is C17H15ClN8O. The number of H-pyrrole nitrogens is 1. The minimum absolute atomic E-state index is 0.218. The summed E-state index contributed by atoms with van der Waals surface area (Å²) in [6.45, 7) is 3.69. The van der Waals surface area contributed by atoms with Gasteiger partial charge in [-0.25, -0.2) is 9.97 Å². The van der Waals surface area contributed by atoms with E-state index in [9.17, 15) is 4.79 Å². The summed E-state index contributed by atoms with van der Waals surface area (Å²) in [5.41, 5.74) is 1.60. The number of rotatable bonds is 4. The largest absolute Gasteiger partial charge is 0.363 e. The molecule has 0 aliphatic heterocycles. The van der Waals surface area contributed by atoms with Gasteiger partial charge in [0.15, 0.2) is 5.82 Å². The van der Waals surface area contributed by atoms with Crippen LogP contribution in [0.25, 0.3) is 16.7 Å². The highest BCUT2D eigenvalue weighted by molar-refractivity contribution is 6.31. The fourth-order valence-corrected chi connectivity index (χ4v) is 2.97. The van der Waals surface area contributed by atoms with E-state index >= 15 is 0 Å². The van der Waals surface area contributed by atoms with Crippen LogP contribution < -0.4 is 10.9 Å².